The summed E-state index contributed by atoms with van der Waals surface area (Å²) < 4.78 is 50.9. The number of halogens is 3. The van der Waals surface area contributed by atoms with Crippen LogP contribution < -0.4 is 9.62 Å². The summed E-state index contributed by atoms with van der Waals surface area (Å²) in [4.78, 5) is 18.2. The summed E-state index contributed by atoms with van der Waals surface area (Å²) in [7, 11) is 0. The highest BCUT2D eigenvalue weighted by Gasteiger charge is 2.35. The second-order valence-corrected chi connectivity index (χ2v) is 8.56. The number of ether oxygens (including phenoxy) is 1. The summed E-state index contributed by atoms with van der Waals surface area (Å²) >= 11 is 1.39. The van der Waals surface area contributed by atoms with Gasteiger partial charge < -0.3 is 19.3 Å². The Hall–Kier alpha value is -2.44. The molecule has 1 amide bonds. The zero-order chi connectivity index (χ0) is 23.4. The molecule has 2 aliphatic heterocycles. The van der Waals surface area contributed by atoms with Crippen molar-refractivity contribution in [2.75, 3.05) is 68.4 Å². The molecule has 8 nitrogen and oxygen atoms in total. The molecule has 1 aromatic heterocycles. The van der Waals surface area contributed by atoms with Gasteiger partial charge in [0.05, 0.1) is 18.8 Å². The van der Waals surface area contributed by atoms with Gasteiger partial charge in [0.1, 0.15) is 0 Å². The molecule has 0 aliphatic carbocycles. The van der Waals surface area contributed by atoms with Crippen LogP contribution in [0.3, 0.4) is 0 Å². The highest BCUT2D eigenvalue weighted by molar-refractivity contribution is 7.99. The lowest BCUT2D eigenvalue weighted by Gasteiger charge is -2.35. The summed E-state index contributed by atoms with van der Waals surface area (Å²) in [5.41, 5.74) is 0.211. The molecule has 0 atom stereocenters. The maximum Gasteiger partial charge on any atom is 0.418 e. The van der Waals surface area contributed by atoms with Crippen LogP contribution in [0.1, 0.15) is 11.1 Å². The van der Waals surface area contributed by atoms with E-state index in [1.54, 1.807) is 34.2 Å². The number of amides is 1. The van der Waals surface area contributed by atoms with Crippen LogP contribution in [0.4, 0.5) is 29.5 Å². The number of carbonyl (C=O) groups excluding carboxylic acids is 1. The Balaban J connectivity index is 1.38. The second kappa shape index (κ2) is 10.2. The lowest BCUT2D eigenvalue weighted by molar-refractivity contribution is -0.137. The fourth-order valence-electron chi connectivity index (χ4n) is 4.08. The third kappa shape index (κ3) is 5.74. The van der Waals surface area contributed by atoms with E-state index in [2.05, 4.69) is 14.7 Å². The lowest BCUT2D eigenvalue weighted by atomic mass is 10.1. The van der Waals surface area contributed by atoms with Crippen molar-refractivity contribution >= 4 is 29.5 Å². The number of morpholine rings is 1. The molecular weight excluding hydrogens is 457 g/mol. The molecule has 4 rings (SSSR count). The highest BCUT2D eigenvalue weighted by atomic mass is 32.2. The Labute approximate surface area is 194 Å². The van der Waals surface area contributed by atoms with E-state index in [0.717, 1.165) is 0 Å². The standard InChI is InChI=1S/C21H27F3N6O2S/c1-33-26-19-4-5-30(25-19)20(31)29-8-6-27(7-9-29)15-16-2-3-18(17(14-16)21(22,23)24)28-10-12-32-13-11-28/h2-5,14H,6-13,15H2,1H3,(H,25,26). The molecule has 2 fully saturated rings. The molecule has 2 saturated heterocycles. The lowest BCUT2D eigenvalue weighted by Crippen LogP contribution is -2.49. The molecule has 2 aliphatic rings. The van der Waals surface area contributed by atoms with Gasteiger partial charge in [-0.1, -0.05) is 18.0 Å². The fourth-order valence-corrected chi connectivity index (χ4v) is 4.40. The normalized spacial score (nSPS) is 17.9. The quantitative estimate of drug-likeness (QED) is 0.654. The van der Waals surface area contributed by atoms with Crippen LogP contribution in [0, 0.1) is 0 Å². The van der Waals surface area contributed by atoms with E-state index < -0.39 is 11.7 Å². The number of piperazine rings is 1. The van der Waals surface area contributed by atoms with Gasteiger partial charge in [-0.05, 0) is 17.7 Å². The molecule has 0 radical (unpaired) electrons. The summed E-state index contributed by atoms with van der Waals surface area (Å²) in [6.45, 7) is 4.28. The predicted molar refractivity (Wildman–Crippen MR) is 121 cm³/mol. The number of nitrogens with zero attached hydrogens (tertiary/aromatic N) is 5. The first kappa shape index (κ1) is 23.7. The van der Waals surface area contributed by atoms with E-state index in [4.69, 9.17) is 4.74 Å². The van der Waals surface area contributed by atoms with Crippen molar-refractivity contribution in [1.82, 2.24) is 19.6 Å². The van der Waals surface area contributed by atoms with Crippen molar-refractivity contribution in [3.8, 4) is 0 Å². The first-order valence-corrected chi connectivity index (χ1v) is 12.0. The fraction of sp³-hybridized carbons (Fsp3) is 0.524. The number of aromatic nitrogens is 2. The molecule has 1 aromatic carbocycles. The summed E-state index contributed by atoms with van der Waals surface area (Å²) in [6, 6.07) is 6.11. The van der Waals surface area contributed by atoms with E-state index in [0.29, 0.717) is 70.4 Å². The Kier molecular flexibility index (Phi) is 7.35. The topological polar surface area (TPSA) is 65.9 Å². The van der Waals surface area contributed by atoms with Gasteiger partial charge in [-0.15, -0.1) is 5.10 Å². The zero-order valence-corrected chi connectivity index (χ0v) is 19.2. The smallest absolute Gasteiger partial charge is 0.378 e. The van der Waals surface area contributed by atoms with Crippen molar-refractivity contribution < 1.29 is 22.7 Å². The van der Waals surface area contributed by atoms with Crippen LogP contribution in [-0.4, -0.2) is 84.3 Å². The summed E-state index contributed by atoms with van der Waals surface area (Å²) in [6.07, 6.45) is -0.946. The van der Waals surface area contributed by atoms with Gasteiger partial charge in [-0.3, -0.25) is 4.90 Å². The van der Waals surface area contributed by atoms with Gasteiger partial charge in [0, 0.05) is 70.0 Å². The maximum absolute atomic E-state index is 13.8. The van der Waals surface area contributed by atoms with Crippen molar-refractivity contribution in [2.45, 2.75) is 12.7 Å². The number of benzene rings is 1. The highest BCUT2D eigenvalue weighted by Crippen LogP contribution is 2.37. The Morgan fingerprint density at radius 2 is 1.85 bits per heavy atom. The van der Waals surface area contributed by atoms with Crippen molar-refractivity contribution in [1.29, 1.82) is 0 Å². The molecule has 1 N–H and O–H groups in total. The largest absolute Gasteiger partial charge is 0.418 e. The Morgan fingerprint density at radius 1 is 1.12 bits per heavy atom. The number of nitrogens with one attached hydrogen (secondary N) is 1. The van der Waals surface area contributed by atoms with Crippen molar-refractivity contribution in [3.05, 3.63) is 41.6 Å². The number of hydrogen-bond donors (Lipinski definition) is 1. The van der Waals surface area contributed by atoms with Gasteiger partial charge in [-0.25, -0.2) is 4.79 Å². The molecule has 33 heavy (non-hydrogen) atoms. The summed E-state index contributed by atoms with van der Waals surface area (Å²) in [5, 5.41) is 4.20. The predicted octanol–water partition coefficient (Wildman–Crippen LogP) is 3.21. The van der Waals surface area contributed by atoms with E-state index in [-0.39, 0.29) is 11.7 Å². The SMILES string of the molecule is CSNc1ccn(C(=O)N2CCN(Cc3ccc(N4CCOCC4)c(C(F)(F)F)c3)CC2)n1. The minimum atomic E-state index is -4.43. The zero-order valence-electron chi connectivity index (χ0n) is 18.3. The van der Waals surface area contributed by atoms with Crippen LogP contribution in [0.25, 0.3) is 0 Å². The molecule has 2 aromatic rings. The first-order valence-electron chi connectivity index (χ1n) is 10.7. The molecule has 0 unspecified atom stereocenters. The molecule has 12 heteroatoms. The van der Waals surface area contributed by atoms with E-state index >= 15 is 0 Å². The molecule has 3 heterocycles. The second-order valence-electron chi connectivity index (χ2n) is 7.95. The van der Waals surface area contributed by atoms with E-state index in [9.17, 15) is 18.0 Å². The maximum atomic E-state index is 13.8. The number of rotatable bonds is 5. The van der Waals surface area contributed by atoms with Gasteiger partial charge in [0.25, 0.3) is 0 Å². The van der Waals surface area contributed by atoms with Crippen LogP contribution in [0.2, 0.25) is 0 Å². The first-order chi connectivity index (χ1) is 15.8. The van der Waals surface area contributed by atoms with Gasteiger partial charge in [0.15, 0.2) is 5.82 Å². The number of hydrogen-bond acceptors (Lipinski definition) is 7. The number of alkyl halides is 3. The minimum absolute atomic E-state index is 0.208. The molecule has 0 spiro atoms. The average molecular weight is 485 g/mol. The van der Waals surface area contributed by atoms with E-state index in [1.165, 1.54) is 22.7 Å². The third-order valence-electron chi connectivity index (χ3n) is 5.76. The van der Waals surface area contributed by atoms with Gasteiger partial charge in [-0.2, -0.15) is 17.9 Å². The van der Waals surface area contributed by atoms with Crippen molar-refractivity contribution in [3.63, 3.8) is 0 Å². The minimum Gasteiger partial charge on any atom is -0.378 e. The van der Waals surface area contributed by atoms with Crippen LogP contribution in [-0.2, 0) is 17.5 Å². The Morgan fingerprint density at radius 3 is 2.52 bits per heavy atom. The Bertz CT molecular complexity index is 956. The third-order valence-corrected chi connectivity index (χ3v) is 6.17. The van der Waals surface area contributed by atoms with Crippen LogP contribution in [0.15, 0.2) is 30.5 Å². The molecule has 0 bridgehead atoms. The molecular formula is C21H27F3N6O2S. The van der Waals surface area contributed by atoms with Crippen LogP contribution in [0.5, 0.6) is 0 Å². The monoisotopic (exact) mass is 484 g/mol. The van der Waals surface area contributed by atoms with E-state index in [1.807, 2.05) is 6.26 Å². The van der Waals surface area contributed by atoms with Gasteiger partial charge >= 0.3 is 12.2 Å². The summed E-state index contributed by atoms with van der Waals surface area (Å²) in [5.74, 6) is 0.607. The van der Waals surface area contributed by atoms with Crippen LogP contribution >= 0.6 is 11.9 Å². The number of carbonyl (C=O) groups is 1. The number of anilines is 2. The van der Waals surface area contributed by atoms with Crippen molar-refractivity contribution in [2.24, 2.45) is 0 Å². The molecule has 0 saturated carbocycles. The van der Waals surface area contributed by atoms with Gasteiger partial charge in [0.2, 0.25) is 0 Å². The average Bonchev–Trinajstić information content (AvgIpc) is 3.28. The molecule has 180 valence electrons.